The Labute approximate surface area is 408 Å². The Kier molecular flexibility index (Phi) is 10.0. The third-order valence-electron chi connectivity index (χ3n) is 12.0. The second-order valence-electron chi connectivity index (χ2n) is 16.7. The molecule has 0 aliphatic carbocycles. The SMILES string of the molecule is O=S(=O)(O)c1c(Oc2ccccc2)ccc2c3nc4nc(nc5[nH]c(nc6nc(nc([nH]3)c12)-c1cc(Oc2ccccc2)ccc1-6)c1ccc(Oc2ccccc2)cc51)-c1ccc(Oc2ccccc2)cc1-4. The van der Waals surface area contributed by atoms with Crippen LogP contribution in [0.1, 0.15) is 0 Å². The first-order valence-electron chi connectivity index (χ1n) is 22.6. The van der Waals surface area contributed by atoms with E-state index in [0.717, 1.165) is 0 Å². The lowest BCUT2D eigenvalue weighted by atomic mass is 10.1. The lowest BCUT2D eigenvalue weighted by Crippen LogP contribution is -2.02. The number of nitrogens with one attached hydrogen (secondary N) is 2. The average molecular weight is 963 g/mol. The molecule has 0 fully saturated rings. The van der Waals surface area contributed by atoms with Crippen LogP contribution in [0, 0.1) is 0 Å². The molecule has 0 saturated heterocycles. The Morgan fingerprint density at radius 2 is 0.736 bits per heavy atom. The van der Waals surface area contributed by atoms with E-state index in [1.54, 1.807) is 42.5 Å². The summed E-state index contributed by atoms with van der Waals surface area (Å²) in [5.41, 5.74) is 3.35. The van der Waals surface area contributed by atoms with Gasteiger partial charge in [0.15, 0.2) is 23.3 Å². The number of rotatable bonds is 9. The lowest BCUT2D eigenvalue weighted by molar-refractivity contribution is 0.452. The molecule has 8 bridgehead atoms. The van der Waals surface area contributed by atoms with Gasteiger partial charge >= 0.3 is 0 Å². The number of ether oxygens (including phenoxy) is 4. The Balaban J connectivity index is 1.13. The summed E-state index contributed by atoms with van der Waals surface area (Å²) < 4.78 is 63.6. The van der Waals surface area contributed by atoms with E-state index in [-0.39, 0.29) is 45.3 Å². The van der Waals surface area contributed by atoms with Crippen molar-refractivity contribution in [3.63, 3.8) is 0 Å². The molecule has 0 saturated carbocycles. The van der Waals surface area contributed by atoms with Gasteiger partial charge in [-0.2, -0.15) is 8.42 Å². The fraction of sp³-hybridized carbons (Fsp3) is 0. The largest absolute Gasteiger partial charge is 0.457 e. The minimum atomic E-state index is -5.03. The summed E-state index contributed by atoms with van der Waals surface area (Å²) in [5.74, 6) is 4.61. The van der Waals surface area contributed by atoms with Gasteiger partial charge in [0.25, 0.3) is 10.1 Å². The summed E-state index contributed by atoms with van der Waals surface area (Å²) in [4.78, 5) is 36.8. The van der Waals surface area contributed by atoms with Crippen molar-refractivity contribution >= 4 is 54.3 Å². The van der Waals surface area contributed by atoms with Crippen molar-refractivity contribution in [2.24, 2.45) is 0 Å². The van der Waals surface area contributed by atoms with E-state index in [2.05, 4.69) is 9.97 Å². The number of fused-ring (bicyclic) bond motifs is 20. The number of nitrogens with zero attached hydrogens (tertiary/aromatic N) is 6. The van der Waals surface area contributed by atoms with Gasteiger partial charge in [0.2, 0.25) is 0 Å². The van der Waals surface area contributed by atoms with Crippen LogP contribution < -0.4 is 18.9 Å². The zero-order chi connectivity index (χ0) is 48.3. The van der Waals surface area contributed by atoms with E-state index >= 15 is 0 Å². The first-order valence-corrected chi connectivity index (χ1v) is 24.0. The van der Waals surface area contributed by atoms with Crippen LogP contribution in [-0.4, -0.2) is 52.8 Å². The van der Waals surface area contributed by atoms with Crippen molar-refractivity contribution < 1.29 is 31.9 Å². The molecule has 346 valence electrons. The van der Waals surface area contributed by atoms with Crippen LogP contribution >= 0.6 is 0 Å². The predicted octanol–water partition coefficient (Wildman–Crippen LogP) is 13.3. The van der Waals surface area contributed by atoms with Gasteiger partial charge < -0.3 is 28.9 Å². The van der Waals surface area contributed by atoms with Crippen LogP contribution in [0.25, 0.3) is 89.7 Å². The summed E-state index contributed by atoms with van der Waals surface area (Å²) in [6.07, 6.45) is 0. The van der Waals surface area contributed by atoms with Crippen molar-refractivity contribution in [2.75, 3.05) is 0 Å². The minimum absolute atomic E-state index is 0.00487. The molecule has 2 aliphatic heterocycles. The van der Waals surface area contributed by atoms with Gasteiger partial charge in [0.1, 0.15) is 73.5 Å². The molecule has 0 spiro atoms. The van der Waals surface area contributed by atoms with Crippen LogP contribution in [0.4, 0.5) is 0 Å². The van der Waals surface area contributed by atoms with E-state index in [1.807, 2.05) is 140 Å². The Hall–Kier alpha value is -9.77. The molecule has 0 atom stereocenters. The van der Waals surface area contributed by atoms with E-state index in [0.29, 0.717) is 90.4 Å². The molecule has 8 aromatic carbocycles. The molecule has 11 aromatic rings. The third kappa shape index (κ3) is 7.83. The summed E-state index contributed by atoms with van der Waals surface area (Å²) in [6.45, 7) is 0. The van der Waals surface area contributed by atoms with Gasteiger partial charge in [-0.3, -0.25) is 4.55 Å². The maximum Gasteiger partial charge on any atom is 0.299 e. The van der Waals surface area contributed by atoms with E-state index in [4.69, 9.17) is 48.9 Å². The second kappa shape index (κ2) is 17.0. The van der Waals surface area contributed by atoms with Gasteiger partial charge in [-0.25, -0.2) is 29.9 Å². The minimum Gasteiger partial charge on any atom is -0.457 e. The highest BCUT2D eigenvalue weighted by atomic mass is 32.2. The van der Waals surface area contributed by atoms with Crippen LogP contribution in [0.5, 0.6) is 46.0 Å². The molecule has 13 rings (SSSR count). The van der Waals surface area contributed by atoms with Crippen LogP contribution in [0.2, 0.25) is 0 Å². The zero-order valence-corrected chi connectivity index (χ0v) is 38.2. The Morgan fingerprint density at radius 1 is 0.347 bits per heavy atom. The predicted molar refractivity (Wildman–Crippen MR) is 272 cm³/mol. The van der Waals surface area contributed by atoms with Crippen LogP contribution in [-0.2, 0) is 10.1 Å². The molecule has 72 heavy (non-hydrogen) atoms. The number of hydrogen-bond acceptors (Lipinski definition) is 12. The topological polar surface area (TPSA) is 200 Å². The maximum absolute atomic E-state index is 13.7. The molecule has 0 amide bonds. The molecular weight excluding hydrogens is 929 g/mol. The number of H-pyrrole nitrogens is 2. The number of hydrogen-bond donors (Lipinski definition) is 3. The van der Waals surface area contributed by atoms with Gasteiger partial charge in [-0.1, -0.05) is 72.8 Å². The fourth-order valence-corrected chi connectivity index (χ4v) is 9.62. The lowest BCUT2D eigenvalue weighted by Gasteiger charge is -2.10. The van der Waals surface area contributed by atoms with Crippen molar-refractivity contribution in [1.82, 2.24) is 39.9 Å². The summed E-state index contributed by atoms with van der Waals surface area (Å²) >= 11 is 0. The van der Waals surface area contributed by atoms with Gasteiger partial charge in [-0.05, 0) is 115 Å². The first-order chi connectivity index (χ1) is 35.2. The zero-order valence-electron chi connectivity index (χ0n) is 37.4. The molecule has 5 heterocycles. The average Bonchev–Trinajstić information content (AvgIpc) is 4.12. The number of aromatic amines is 2. The van der Waals surface area contributed by atoms with Crippen molar-refractivity contribution in [2.45, 2.75) is 4.90 Å². The third-order valence-corrected chi connectivity index (χ3v) is 12.9. The van der Waals surface area contributed by atoms with Crippen molar-refractivity contribution in [1.29, 1.82) is 0 Å². The first kappa shape index (κ1) is 42.3. The highest BCUT2D eigenvalue weighted by molar-refractivity contribution is 7.86. The van der Waals surface area contributed by atoms with Gasteiger partial charge in [0.05, 0.1) is 5.39 Å². The molecule has 0 unspecified atom stereocenters. The summed E-state index contributed by atoms with van der Waals surface area (Å²) in [5, 5.41) is 1.66. The number of benzene rings is 8. The fourth-order valence-electron chi connectivity index (χ4n) is 8.79. The molecule has 3 aromatic heterocycles. The van der Waals surface area contributed by atoms with Gasteiger partial charge in [0, 0.05) is 38.4 Å². The Morgan fingerprint density at radius 3 is 1.24 bits per heavy atom. The Bertz CT molecular complexity index is 4250. The van der Waals surface area contributed by atoms with Crippen LogP contribution in [0.3, 0.4) is 0 Å². The quantitative estimate of drug-likeness (QED) is 0.116. The normalized spacial score (nSPS) is 11.8. The number of aromatic nitrogens is 8. The standard InChI is InChI=1S/C56H34N8O7S/c65-72(66,67)48-46(71-35-19-11-4-12-20-35)28-27-42-47(48)56-63-52(42)62-54-44-30-37(69-33-15-7-2-8-16-33)22-25-40(44)51(60-54)59-53-43-29-36(68-32-13-5-1-6-14-32)21-24-39(43)49(58-53)57-50-41-26-23-38(31-45(41)55(61-50)64-56)70-34-17-9-3-10-18-34/h1-31H,(H,65,66,67)(H2,57,58,59,60,61,62,63,64). The smallest absolute Gasteiger partial charge is 0.299 e. The second-order valence-corrected chi connectivity index (χ2v) is 18.0. The molecule has 2 aliphatic rings. The van der Waals surface area contributed by atoms with E-state index in [1.165, 1.54) is 6.07 Å². The highest BCUT2D eigenvalue weighted by Crippen LogP contribution is 2.43. The number of para-hydroxylation sites is 4. The summed E-state index contributed by atoms with van der Waals surface area (Å²) in [6, 6.07) is 56.6. The monoisotopic (exact) mass is 962 g/mol. The molecular formula is C56H34N8O7S. The van der Waals surface area contributed by atoms with Crippen LogP contribution in [0.15, 0.2) is 193 Å². The maximum atomic E-state index is 13.7. The molecule has 0 radical (unpaired) electrons. The molecule has 16 heteroatoms. The molecule has 15 nitrogen and oxygen atoms in total. The summed E-state index contributed by atoms with van der Waals surface area (Å²) in [7, 11) is -5.03. The van der Waals surface area contributed by atoms with Crippen molar-refractivity contribution in [3.8, 4) is 91.5 Å². The van der Waals surface area contributed by atoms with Crippen molar-refractivity contribution in [3.05, 3.63) is 188 Å². The molecule has 3 N–H and O–H groups in total. The van der Waals surface area contributed by atoms with E-state index in [9.17, 15) is 13.0 Å². The van der Waals surface area contributed by atoms with Gasteiger partial charge in [-0.15, -0.1) is 0 Å². The highest BCUT2D eigenvalue weighted by Gasteiger charge is 2.28. The van der Waals surface area contributed by atoms with E-state index < -0.39 is 15.0 Å².